The number of aliphatic hydroxyl groups excluding tert-OH is 1. The molecule has 0 radical (unpaired) electrons. The van der Waals surface area contributed by atoms with Gasteiger partial charge in [-0.25, -0.2) is 4.98 Å². The number of carbonyl (C=O) groups excluding carboxylic acids is 2. The number of nitrogens with one attached hydrogen (secondary N) is 1. The molecule has 0 bridgehead atoms. The summed E-state index contributed by atoms with van der Waals surface area (Å²) in [6, 6.07) is 15.7. The molecule has 1 saturated heterocycles. The van der Waals surface area contributed by atoms with Crippen molar-refractivity contribution in [3.63, 3.8) is 0 Å². The van der Waals surface area contributed by atoms with Crippen molar-refractivity contribution in [2.75, 3.05) is 43.0 Å². The molecular formula is C25H24N6O3S. The average Bonchev–Trinajstić information content (AvgIpc) is 3.28. The minimum atomic E-state index is -0.638. The molecule has 35 heavy (non-hydrogen) atoms. The lowest BCUT2D eigenvalue weighted by Gasteiger charge is -2.35. The third-order valence-corrected chi connectivity index (χ3v) is 6.79. The first-order valence-electron chi connectivity index (χ1n) is 11.3. The number of nitrogens with zero attached hydrogens (tertiary/aromatic N) is 5. The number of fused-ring (bicyclic) bond motifs is 1. The van der Waals surface area contributed by atoms with Crippen LogP contribution < -0.4 is 10.2 Å². The molecule has 4 heterocycles. The molecule has 0 unspecified atom stereocenters. The summed E-state index contributed by atoms with van der Waals surface area (Å²) < 4.78 is 0. The molecule has 0 saturated carbocycles. The molecule has 0 spiro atoms. The largest absolute Gasteiger partial charge is 0.387 e. The van der Waals surface area contributed by atoms with E-state index in [2.05, 4.69) is 25.2 Å². The van der Waals surface area contributed by atoms with Gasteiger partial charge in [0.05, 0.1) is 5.39 Å². The number of aryl methyl sites for hydroxylation is 1. The Hall–Kier alpha value is -3.89. The van der Waals surface area contributed by atoms with Crippen molar-refractivity contribution >= 4 is 45.1 Å². The zero-order valence-corrected chi connectivity index (χ0v) is 20.0. The molecule has 9 nitrogen and oxygen atoms in total. The van der Waals surface area contributed by atoms with Gasteiger partial charge >= 0.3 is 0 Å². The summed E-state index contributed by atoms with van der Waals surface area (Å²) in [5.41, 5.74) is 2.45. The number of pyridine rings is 1. The molecule has 1 aliphatic heterocycles. The highest BCUT2D eigenvalue weighted by molar-refractivity contribution is 7.18. The van der Waals surface area contributed by atoms with Gasteiger partial charge in [0.1, 0.15) is 22.9 Å². The number of aromatic nitrogens is 3. The third kappa shape index (κ3) is 4.84. The number of rotatable bonds is 5. The lowest BCUT2D eigenvalue weighted by molar-refractivity contribution is -0.118. The van der Waals surface area contributed by atoms with E-state index < -0.39 is 12.5 Å². The second kappa shape index (κ2) is 9.77. The summed E-state index contributed by atoms with van der Waals surface area (Å²) in [4.78, 5) is 43.9. The van der Waals surface area contributed by atoms with Crippen LogP contribution in [0.5, 0.6) is 0 Å². The van der Waals surface area contributed by atoms with E-state index in [9.17, 15) is 9.59 Å². The first kappa shape index (κ1) is 22.9. The van der Waals surface area contributed by atoms with Gasteiger partial charge in [-0.1, -0.05) is 36.4 Å². The van der Waals surface area contributed by atoms with Crippen molar-refractivity contribution in [3.8, 4) is 11.1 Å². The second-order valence-electron chi connectivity index (χ2n) is 8.23. The highest BCUT2D eigenvalue weighted by Crippen LogP contribution is 2.32. The zero-order chi connectivity index (χ0) is 24.4. The van der Waals surface area contributed by atoms with Gasteiger partial charge in [0, 0.05) is 42.8 Å². The highest BCUT2D eigenvalue weighted by atomic mass is 32.1. The summed E-state index contributed by atoms with van der Waals surface area (Å²) in [7, 11) is 0. The van der Waals surface area contributed by atoms with Crippen LogP contribution in [0.25, 0.3) is 21.3 Å². The van der Waals surface area contributed by atoms with Crippen molar-refractivity contribution in [1.82, 2.24) is 19.9 Å². The molecule has 178 valence electrons. The average molecular weight is 489 g/mol. The lowest BCUT2D eigenvalue weighted by atomic mass is 10.1. The maximum atomic E-state index is 13.1. The SMILES string of the molecule is Cc1cc2c(N3CCN(C(=O)c4ccc(-c5ccccc5)cn4)CC3)nc(NC(=O)CO)nc2s1. The number of carbonyl (C=O) groups is 2. The minimum absolute atomic E-state index is 0.0978. The first-order valence-corrected chi connectivity index (χ1v) is 12.1. The fraction of sp³-hybridized carbons (Fsp3) is 0.240. The van der Waals surface area contributed by atoms with Gasteiger partial charge in [0.15, 0.2) is 0 Å². The number of anilines is 2. The summed E-state index contributed by atoms with van der Waals surface area (Å²) in [5.74, 6) is 0.212. The maximum Gasteiger partial charge on any atom is 0.272 e. The molecule has 10 heteroatoms. The molecule has 0 atom stereocenters. The van der Waals surface area contributed by atoms with Gasteiger partial charge in [-0.2, -0.15) is 4.98 Å². The number of thiophene rings is 1. The fourth-order valence-electron chi connectivity index (χ4n) is 4.09. The van der Waals surface area contributed by atoms with E-state index in [-0.39, 0.29) is 11.9 Å². The Morgan fingerprint density at radius 3 is 2.49 bits per heavy atom. The standard InChI is InChI=1S/C25H24N6O3S/c1-16-13-19-22(28-25(27-21(33)15-32)29-23(19)35-16)30-9-11-31(12-10-30)24(34)20-8-7-18(14-26-20)17-5-3-2-4-6-17/h2-8,13-14,32H,9-12,15H2,1H3,(H,27,28,29,33). The zero-order valence-electron chi connectivity index (χ0n) is 19.1. The summed E-state index contributed by atoms with van der Waals surface area (Å²) >= 11 is 1.52. The monoisotopic (exact) mass is 488 g/mol. The number of aliphatic hydroxyl groups is 1. The van der Waals surface area contributed by atoms with Crippen LogP contribution in [-0.4, -0.2) is 69.6 Å². The van der Waals surface area contributed by atoms with Crippen molar-refractivity contribution in [1.29, 1.82) is 0 Å². The van der Waals surface area contributed by atoms with Gasteiger partial charge in [-0.3, -0.25) is 19.9 Å². The highest BCUT2D eigenvalue weighted by Gasteiger charge is 2.26. The van der Waals surface area contributed by atoms with E-state index in [0.717, 1.165) is 26.2 Å². The Bertz CT molecular complexity index is 1370. The Morgan fingerprint density at radius 1 is 1.03 bits per heavy atom. The van der Waals surface area contributed by atoms with E-state index in [4.69, 9.17) is 5.11 Å². The maximum absolute atomic E-state index is 13.1. The predicted molar refractivity (Wildman–Crippen MR) is 136 cm³/mol. The Balaban J connectivity index is 1.30. The Kier molecular flexibility index (Phi) is 6.39. The molecule has 2 N–H and O–H groups in total. The number of hydrogen-bond donors (Lipinski definition) is 2. The topological polar surface area (TPSA) is 112 Å². The van der Waals surface area contributed by atoms with Crippen LogP contribution in [-0.2, 0) is 4.79 Å². The van der Waals surface area contributed by atoms with E-state index >= 15 is 0 Å². The molecular weight excluding hydrogens is 464 g/mol. The molecule has 1 fully saturated rings. The molecule has 1 aromatic carbocycles. The predicted octanol–water partition coefficient (Wildman–Crippen LogP) is 2.95. The van der Waals surface area contributed by atoms with Crippen LogP contribution >= 0.6 is 11.3 Å². The van der Waals surface area contributed by atoms with Crippen LogP contribution in [0.1, 0.15) is 15.4 Å². The van der Waals surface area contributed by atoms with Crippen molar-refractivity contribution in [2.45, 2.75) is 6.92 Å². The molecule has 1 aliphatic rings. The van der Waals surface area contributed by atoms with E-state index in [0.29, 0.717) is 37.7 Å². The van der Waals surface area contributed by atoms with E-state index in [1.165, 1.54) is 11.3 Å². The molecule has 4 aromatic rings. The van der Waals surface area contributed by atoms with Crippen LogP contribution in [0.15, 0.2) is 54.7 Å². The molecule has 3 aromatic heterocycles. The lowest BCUT2D eigenvalue weighted by Crippen LogP contribution is -2.49. The van der Waals surface area contributed by atoms with Crippen molar-refractivity contribution in [2.24, 2.45) is 0 Å². The third-order valence-electron chi connectivity index (χ3n) is 5.85. The first-order chi connectivity index (χ1) is 17.0. The summed E-state index contributed by atoms with van der Waals surface area (Å²) in [6.45, 7) is 3.57. The second-order valence-corrected chi connectivity index (χ2v) is 9.47. The van der Waals surface area contributed by atoms with Crippen LogP contribution in [0.3, 0.4) is 0 Å². The molecule has 2 amide bonds. The number of piperazine rings is 1. The van der Waals surface area contributed by atoms with Crippen LogP contribution in [0, 0.1) is 6.92 Å². The van der Waals surface area contributed by atoms with Crippen molar-refractivity contribution in [3.05, 3.63) is 65.3 Å². The Labute approximate surface area is 206 Å². The van der Waals surface area contributed by atoms with Gasteiger partial charge in [-0.05, 0) is 24.6 Å². The quantitative estimate of drug-likeness (QED) is 0.444. The van der Waals surface area contributed by atoms with E-state index in [1.807, 2.05) is 49.4 Å². The van der Waals surface area contributed by atoms with Gasteiger partial charge in [0.25, 0.3) is 11.8 Å². The van der Waals surface area contributed by atoms with Crippen LogP contribution in [0.4, 0.5) is 11.8 Å². The van der Waals surface area contributed by atoms with E-state index in [1.54, 1.807) is 17.2 Å². The number of benzene rings is 1. The summed E-state index contributed by atoms with van der Waals surface area (Å²) in [5, 5.41) is 12.5. The molecule has 5 rings (SSSR count). The normalized spacial score (nSPS) is 13.8. The fourth-order valence-corrected chi connectivity index (χ4v) is 4.97. The molecule has 0 aliphatic carbocycles. The van der Waals surface area contributed by atoms with Gasteiger partial charge < -0.3 is 14.9 Å². The Morgan fingerprint density at radius 2 is 1.80 bits per heavy atom. The van der Waals surface area contributed by atoms with Gasteiger partial charge in [-0.15, -0.1) is 11.3 Å². The smallest absolute Gasteiger partial charge is 0.272 e. The minimum Gasteiger partial charge on any atom is -0.387 e. The number of amides is 2. The number of hydrogen-bond acceptors (Lipinski definition) is 8. The summed E-state index contributed by atoms with van der Waals surface area (Å²) in [6.07, 6.45) is 1.73. The van der Waals surface area contributed by atoms with Crippen molar-refractivity contribution < 1.29 is 14.7 Å². The van der Waals surface area contributed by atoms with Crippen LogP contribution in [0.2, 0.25) is 0 Å². The van der Waals surface area contributed by atoms with Gasteiger partial charge in [0.2, 0.25) is 5.95 Å².